The molecule has 152 valence electrons. The van der Waals surface area contributed by atoms with Gasteiger partial charge in [-0.15, -0.1) is 0 Å². The number of anilines is 1. The Morgan fingerprint density at radius 3 is 2.47 bits per heavy atom. The lowest BCUT2D eigenvalue weighted by Crippen LogP contribution is -2.21. The van der Waals surface area contributed by atoms with E-state index in [9.17, 15) is 9.18 Å². The molecule has 0 unspecified atom stereocenters. The van der Waals surface area contributed by atoms with Gasteiger partial charge in [-0.3, -0.25) is 4.79 Å². The van der Waals surface area contributed by atoms with Crippen molar-refractivity contribution in [3.8, 4) is 17.1 Å². The Kier molecular flexibility index (Phi) is 5.14. The lowest BCUT2D eigenvalue weighted by atomic mass is 10.1. The lowest BCUT2D eigenvalue weighted by molar-refractivity contribution is -0.118. The van der Waals surface area contributed by atoms with E-state index in [4.69, 9.17) is 9.26 Å². The fourth-order valence-electron chi connectivity index (χ4n) is 3.16. The number of hydrogen-bond acceptors (Lipinski definition) is 6. The van der Waals surface area contributed by atoms with Gasteiger partial charge in [0.1, 0.15) is 22.7 Å². The Balaban J connectivity index is 1.61. The number of hydrogen-bond donors (Lipinski definition) is 1. The summed E-state index contributed by atoms with van der Waals surface area (Å²) in [6, 6.07) is 11.6. The molecule has 0 aliphatic carbocycles. The van der Waals surface area contributed by atoms with Gasteiger partial charge >= 0.3 is 0 Å². The number of carbonyl (C=O) groups is 1. The summed E-state index contributed by atoms with van der Waals surface area (Å²) in [6.45, 7) is 5.27. The number of fused-ring (bicyclic) bond motifs is 1. The minimum Gasteiger partial charge on any atom is -0.467 e. The Morgan fingerprint density at radius 1 is 1.07 bits per heavy atom. The first-order valence-corrected chi connectivity index (χ1v) is 9.31. The number of amides is 1. The smallest absolute Gasteiger partial charge is 0.265 e. The number of nitrogens with one attached hydrogen (secondary N) is 1. The predicted octanol–water partition coefficient (Wildman–Crippen LogP) is 4.37. The van der Waals surface area contributed by atoms with Crippen molar-refractivity contribution >= 4 is 22.7 Å². The molecule has 30 heavy (non-hydrogen) atoms. The molecule has 0 bridgehead atoms. The van der Waals surface area contributed by atoms with Gasteiger partial charge in [-0.2, -0.15) is 9.97 Å². The summed E-state index contributed by atoms with van der Waals surface area (Å²) in [7, 11) is 0. The van der Waals surface area contributed by atoms with Crippen molar-refractivity contribution in [2.45, 2.75) is 20.8 Å². The maximum atomic E-state index is 13.3. The largest absolute Gasteiger partial charge is 0.467 e. The van der Waals surface area contributed by atoms with Crippen LogP contribution in [0.2, 0.25) is 0 Å². The number of ether oxygens (including phenoxy) is 1. The molecule has 1 amide bonds. The second kappa shape index (κ2) is 7.90. The van der Waals surface area contributed by atoms with Crippen LogP contribution in [0.3, 0.4) is 0 Å². The Hall–Kier alpha value is -3.81. The highest BCUT2D eigenvalue weighted by atomic mass is 19.1. The van der Waals surface area contributed by atoms with E-state index >= 15 is 0 Å². The van der Waals surface area contributed by atoms with Crippen molar-refractivity contribution in [1.29, 1.82) is 0 Å². The zero-order chi connectivity index (χ0) is 21.3. The zero-order valence-electron chi connectivity index (χ0n) is 16.7. The molecule has 0 saturated heterocycles. The summed E-state index contributed by atoms with van der Waals surface area (Å²) in [6.07, 6.45) is 0. The summed E-state index contributed by atoms with van der Waals surface area (Å²) < 4.78 is 24.3. The first-order valence-electron chi connectivity index (χ1n) is 9.31. The second-order valence-electron chi connectivity index (χ2n) is 6.90. The monoisotopic (exact) mass is 406 g/mol. The molecule has 0 aliphatic rings. The highest BCUT2D eigenvalue weighted by Gasteiger charge is 2.20. The third kappa shape index (κ3) is 3.84. The number of benzene rings is 2. The molecule has 0 aliphatic heterocycles. The Bertz CT molecular complexity index is 1220. The molecule has 2 aromatic carbocycles. The van der Waals surface area contributed by atoms with Gasteiger partial charge < -0.3 is 14.6 Å². The third-order valence-electron chi connectivity index (χ3n) is 4.62. The first-order chi connectivity index (χ1) is 14.4. The first kappa shape index (κ1) is 19.5. The van der Waals surface area contributed by atoms with Gasteiger partial charge in [0.2, 0.25) is 5.88 Å². The molecule has 1 N–H and O–H groups in total. The van der Waals surface area contributed by atoms with Crippen LogP contribution in [-0.2, 0) is 4.79 Å². The standard InChI is InChI=1S/C22H19FN4O3/c1-12-5-4-6-13(2)19(12)26-17(28)11-29-21-18-20(15-7-9-16(23)10-8-15)27-30-22(18)25-14(3)24-21/h4-10H,11H2,1-3H3,(H,26,28). The minimum atomic E-state index is -0.363. The van der Waals surface area contributed by atoms with Crippen molar-refractivity contribution in [2.75, 3.05) is 11.9 Å². The van der Waals surface area contributed by atoms with Crippen molar-refractivity contribution in [2.24, 2.45) is 0 Å². The van der Waals surface area contributed by atoms with Crippen molar-refractivity contribution in [3.05, 3.63) is 65.2 Å². The van der Waals surface area contributed by atoms with Crippen LogP contribution in [0.5, 0.6) is 5.88 Å². The quantitative estimate of drug-likeness (QED) is 0.529. The van der Waals surface area contributed by atoms with E-state index < -0.39 is 0 Å². The SMILES string of the molecule is Cc1nc(OCC(=O)Nc2c(C)cccc2C)c2c(-c3ccc(F)cc3)noc2n1. The number of para-hydroxylation sites is 1. The van der Waals surface area contributed by atoms with Crippen LogP contribution >= 0.6 is 0 Å². The molecule has 2 heterocycles. The molecule has 0 spiro atoms. The summed E-state index contributed by atoms with van der Waals surface area (Å²) in [4.78, 5) is 21.0. The van der Waals surface area contributed by atoms with Crippen molar-refractivity contribution < 1.29 is 18.4 Å². The van der Waals surface area contributed by atoms with Crippen molar-refractivity contribution in [3.63, 3.8) is 0 Å². The van der Waals surface area contributed by atoms with Crippen LogP contribution in [0.4, 0.5) is 10.1 Å². The molecule has 0 atom stereocenters. The van der Waals surface area contributed by atoms with Crippen LogP contribution in [-0.4, -0.2) is 27.6 Å². The normalized spacial score (nSPS) is 10.9. The molecule has 8 heteroatoms. The Labute approximate surface area is 171 Å². The molecule has 0 fully saturated rings. The lowest BCUT2D eigenvalue weighted by Gasteiger charge is -2.12. The van der Waals surface area contributed by atoms with E-state index in [2.05, 4.69) is 20.4 Å². The number of carbonyl (C=O) groups excluding carboxylic acids is 1. The average Bonchev–Trinajstić information content (AvgIpc) is 3.13. The molecular formula is C22H19FN4O3. The second-order valence-corrected chi connectivity index (χ2v) is 6.90. The van der Waals surface area contributed by atoms with E-state index in [1.54, 1.807) is 19.1 Å². The number of halogens is 1. The van der Waals surface area contributed by atoms with Crippen LogP contribution in [0.15, 0.2) is 47.0 Å². The number of aromatic nitrogens is 3. The van der Waals surface area contributed by atoms with Gasteiger partial charge in [-0.05, 0) is 56.2 Å². The van der Waals surface area contributed by atoms with Gasteiger partial charge in [0.25, 0.3) is 11.6 Å². The fraction of sp³-hybridized carbons (Fsp3) is 0.182. The van der Waals surface area contributed by atoms with E-state index in [0.29, 0.717) is 22.5 Å². The fourth-order valence-corrected chi connectivity index (χ4v) is 3.16. The number of nitrogens with zero attached hydrogens (tertiary/aromatic N) is 3. The van der Waals surface area contributed by atoms with Crippen molar-refractivity contribution in [1.82, 2.24) is 15.1 Å². The topological polar surface area (TPSA) is 90.1 Å². The van der Waals surface area contributed by atoms with Gasteiger partial charge in [0.05, 0.1) is 0 Å². The summed E-state index contributed by atoms with van der Waals surface area (Å²) in [5.74, 6) is -0.0981. The highest BCUT2D eigenvalue weighted by molar-refractivity contribution is 5.95. The van der Waals surface area contributed by atoms with Gasteiger partial charge in [0.15, 0.2) is 6.61 Å². The molecule has 7 nitrogen and oxygen atoms in total. The van der Waals surface area contributed by atoms with Gasteiger partial charge in [-0.25, -0.2) is 4.39 Å². The Morgan fingerprint density at radius 2 is 1.77 bits per heavy atom. The van der Waals surface area contributed by atoms with Crippen LogP contribution in [0.25, 0.3) is 22.4 Å². The number of rotatable bonds is 5. The molecule has 4 aromatic rings. The summed E-state index contributed by atoms with van der Waals surface area (Å²) in [5.41, 5.74) is 3.93. The average molecular weight is 406 g/mol. The van der Waals surface area contributed by atoms with Crippen LogP contribution in [0, 0.1) is 26.6 Å². The molecule has 4 rings (SSSR count). The maximum Gasteiger partial charge on any atom is 0.265 e. The van der Waals surface area contributed by atoms with E-state index in [0.717, 1.165) is 16.8 Å². The molecule has 2 aromatic heterocycles. The van der Waals surface area contributed by atoms with E-state index in [1.807, 2.05) is 32.0 Å². The minimum absolute atomic E-state index is 0.176. The number of aryl methyl sites for hydroxylation is 3. The third-order valence-corrected chi connectivity index (χ3v) is 4.62. The predicted molar refractivity (Wildman–Crippen MR) is 110 cm³/mol. The van der Waals surface area contributed by atoms with Crippen LogP contribution in [0.1, 0.15) is 17.0 Å². The van der Waals surface area contributed by atoms with Crippen LogP contribution < -0.4 is 10.1 Å². The molecule has 0 radical (unpaired) electrons. The molecular weight excluding hydrogens is 387 g/mol. The highest BCUT2D eigenvalue weighted by Crippen LogP contribution is 2.33. The summed E-state index contributed by atoms with van der Waals surface area (Å²) in [5, 5.41) is 7.33. The molecule has 0 saturated carbocycles. The summed E-state index contributed by atoms with van der Waals surface area (Å²) >= 11 is 0. The zero-order valence-corrected chi connectivity index (χ0v) is 16.7. The maximum absolute atomic E-state index is 13.3. The van der Waals surface area contributed by atoms with Gasteiger partial charge in [0, 0.05) is 11.3 Å². The van der Waals surface area contributed by atoms with E-state index in [-0.39, 0.29) is 29.9 Å². The van der Waals surface area contributed by atoms with E-state index in [1.165, 1.54) is 12.1 Å². The van der Waals surface area contributed by atoms with Gasteiger partial charge in [-0.1, -0.05) is 23.4 Å².